The van der Waals surface area contributed by atoms with Gasteiger partial charge in [-0.3, -0.25) is 0 Å². The minimum Gasteiger partial charge on any atom is -0.338 e. The van der Waals surface area contributed by atoms with E-state index in [9.17, 15) is 13.2 Å². The van der Waals surface area contributed by atoms with Gasteiger partial charge in [0, 0.05) is 19.6 Å². The van der Waals surface area contributed by atoms with E-state index < -0.39 is 14.6 Å². The average Bonchev–Trinajstić information content (AvgIpc) is 2.88. The van der Waals surface area contributed by atoms with E-state index in [2.05, 4.69) is 16.8 Å². The van der Waals surface area contributed by atoms with Crippen LogP contribution in [-0.4, -0.2) is 49.5 Å². The van der Waals surface area contributed by atoms with Crippen molar-refractivity contribution in [2.75, 3.05) is 25.4 Å². The molecular weight excluding hydrogens is 320 g/mol. The van der Waals surface area contributed by atoms with Crippen LogP contribution in [0.1, 0.15) is 31.2 Å². The van der Waals surface area contributed by atoms with Crippen LogP contribution in [-0.2, 0) is 16.3 Å². The number of carbonyl (C=O) groups is 1. The van der Waals surface area contributed by atoms with E-state index in [4.69, 9.17) is 0 Å². The molecule has 2 aliphatic rings. The zero-order chi connectivity index (χ0) is 15.6. The lowest BCUT2D eigenvalue weighted by atomic mass is 9.81. The quantitative estimate of drug-likeness (QED) is 0.914. The number of hydrogen-bond acceptors (Lipinski definition) is 4. The zero-order valence-corrected chi connectivity index (χ0v) is 14.2. The van der Waals surface area contributed by atoms with Crippen molar-refractivity contribution < 1.29 is 13.2 Å². The molecule has 7 heteroatoms. The van der Waals surface area contributed by atoms with Gasteiger partial charge in [-0.25, -0.2) is 13.2 Å². The van der Waals surface area contributed by atoms with Gasteiger partial charge in [-0.2, -0.15) is 11.3 Å². The molecule has 1 aliphatic carbocycles. The highest BCUT2D eigenvalue weighted by atomic mass is 32.2. The molecule has 1 aliphatic heterocycles. The summed E-state index contributed by atoms with van der Waals surface area (Å²) in [4.78, 5) is 13.9. The predicted molar refractivity (Wildman–Crippen MR) is 88.0 cm³/mol. The molecule has 2 fully saturated rings. The highest BCUT2D eigenvalue weighted by molar-refractivity contribution is 7.92. The Labute approximate surface area is 135 Å². The summed E-state index contributed by atoms with van der Waals surface area (Å²) in [6.45, 7) is 1.45. The van der Waals surface area contributed by atoms with E-state index in [1.165, 1.54) is 5.56 Å². The first kappa shape index (κ1) is 15.8. The second-order valence-electron chi connectivity index (χ2n) is 6.21. The Bertz CT molecular complexity index is 621. The molecule has 22 heavy (non-hydrogen) atoms. The monoisotopic (exact) mass is 342 g/mol. The van der Waals surface area contributed by atoms with Crippen molar-refractivity contribution >= 4 is 27.2 Å². The third kappa shape index (κ3) is 3.01. The Morgan fingerprint density at radius 2 is 2.14 bits per heavy atom. The molecule has 0 atom stereocenters. The van der Waals surface area contributed by atoms with Crippen LogP contribution < -0.4 is 5.32 Å². The lowest BCUT2D eigenvalue weighted by Crippen LogP contribution is -2.46. The summed E-state index contributed by atoms with van der Waals surface area (Å²) in [5.41, 5.74) is 1.22. The van der Waals surface area contributed by atoms with Crippen molar-refractivity contribution in [3.63, 3.8) is 0 Å². The summed E-state index contributed by atoms with van der Waals surface area (Å²) in [5.74, 6) is 0.102. The van der Waals surface area contributed by atoms with Crippen molar-refractivity contribution in [1.82, 2.24) is 10.2 Å². The molecule has 5 nitrogen and oxygen atoms in total. The van der Waals surface area contributed by atoms with E-state index in [0.717, 1.165) is 25.7 Å². The number of sulfone groups is 1. The van der Waals surface area contributed by atoms with Crippen LogP contribution >= 0.6 is 11.3 Å². The van der Waals surface area contributed by atoms with Crippen molar-refractivity contribution in [1.29, 1.82) is 0 Å². The highest BCUT2D eigenvalue weighted by Gasteiger charge is 2.49. The first-order chi connectivity index (χ1) is 10.5. The topological polar surface area (TPSA) is 66.5 Å². The second-order valence-corrected chi connectivity index (χ2v) is 9.49. The fourth-order valence-corrected chi connectivity index (χ4v) is 6.16. The molecular formula is C15H22N2O3S2. The third-order valence-corrected chi connectivity index (χ3v) is 8.33. The molecule has 0 radical (unpaired) electrons. The molecule has 0 aromatic carbocycles. The highest BCUT2D eigenvalue weighted by Crippen LogP contribution is 2.43. The smallest absolute Gasteiger partial charge is 0.317 e. The van der Waals surface area contributed by atoms with Crippen LogP contribution in [0.3, 0.4) is 0 Å². The van der Waals surface area contributed by atoms with Crippen LogP contribution in [0.25, 0.3) is 0 Å². The van der Waals surface area contributed by atoms with Gasteiger partial charge in [0.15, 0.2) is 9.84 Å². The Hall–Kier alpha value is -1.08. The molecule has 1 saturated heterocycles. The Morgan fingerprint density at radius 3 is 2.77 bits per heavy atom. The van der Waals surface area contributed by atoms with Crippen molar-refractivity contribution in [2.24, 2.45) is 0 Å². The van der Waals surface area contributed by atoms with E-state index in [0.29, 0.717) is 26.1 Å². The maximum absolute atomic E-state index is 12.4. The van der Waals surface area contributed by atoms with Gasteiger partial charge in [-0.1, -0.05) is 6.42 Å². The molecule has 1 aromatic heterocycles. The molecule has 2 amide bonds. The number of nitrogens with zero attached hydrogens (tertiary/aromatic N) is 1. The van der Waals surface area contributed by atoms with Crippen LogP contribution in [0.5, 0.6) is 0 Å². The molecule has 0 bridgehead atoms. The zero-order valence-electron chi connectivity index (χ0n) is 12.6. The number of rotatable bonds is 3. The average molecular weight is 342 g/mol. The van der Waals surface area contributed by atoms with Gasteiger partial charge >= 0.3 is 6.03 Å². The van der Waals surface area contributed by atoms with Gasteiger partial charge < -0.3 is 10.2 Å². The number of nitrogens with one attached hydrogen (secondary N) is 1. The number of carbonyl (C=O) groups excluding carboxylic acids is 1. The SMILES string of the molecule is O=C(NCCc1ccsc1)N1CCC2(CCC2)S(=O)(=O)CC1. The third-order valence-electron chi connectivity index (χ3n) is 4.95. The van der Waals surface area contributed by atoms with Gasteiger partial charge in [-0.05, 0) is 48.1 Å². The first-order valence-corrected chi connectivity index (χ1v) is 10.4. The maximum atomic E-state index is 12.4. The predicted octanol–water partition coefficient (Wildman–Crippen LogP) is 2.04. The molecule has 2 heterocycles. The Morgan fingerprint density at radius 1 is 1.32 bits per heavy atom. The van der Waals surface area contributed by atoms with E-state index in [1.54, 1.807) is 16.2 Å². The second kappa shape index (κ2) is 6.20. The number of thiophene rings is 1. The molecule has 0 unspecified atom stereocenters. The van der Waals surface area contributed by atoms with Crippen LogP contribution in [0, 0.1) is 0 Å². The fraction of sp³-hybridized carbons (Fsp3) is 0.667. The summed E-state index contributed by atoms with van der Waals surface area (Å²) >= 11 is 1.65. The number of amides is 2. The molecule has 1 saturated carbocycles. The number of hydrogen-bond donors (Lipinski definition) is 1. The van der Waals surface area contributed by atoms with Crippen LogP contribution in [0.15, 0.2) is 16.8 Å². The van der Waals surface area contributed by atoms with Crippen molar-refractivity contribution in [3.05, 3.63) is 22.4 Å². The van der Waals surface area contributed by atoms with Gasteiger partial charge in [-0.15, -0.1) is 0 Å². The fourth-order valence-electron chi connectivity index (χ4n) is 3.25. The van der Waals surface area contributed by atoms with E-state index >= 15 is 0 Å². The normalized spacial score (nSPS) is 22.8. The summed E-state index contributed by atoms with van der Waals surface area (Å²) in [6, 6.07) is 1.91. The largest absolute Gasteiger partial charge is 0.338 e. The Kier molecular flexibility index (Phi) is 4.45. The van der Waals surface area contributed by atoms with Crippen LogP contribution in [0.2, 0.25) is 0 Å². The summed E-state index contributed by atoms with van der Waals surface area (Å²) in [7, 11) is -3.07. The minimum absolute atomic E-state index is 0.102. The van der Waals surface area contributed by atoms with Gasteiger partial charge in [0.2, 0.25) is 0 Å². The molecule has 3 rings (SSSR count). The lowest BCUT2D eigenvalue weighted by Gasteiger charge is -2.39. The van der Waals surface area contributed by atoms with Gasteiger partial charge in [0.25, 0.3) is 0 Å². The van der Waals surface area contributed by atoms with Crippen molar-refractivity contribution in [3.8, 4) is 0 Å². The van der Waals surface area contributed by atoms with E-state index in [1.807, 2.05) is 5.38 Å². The van der Waals surface area contributed by atoms with Crippen molar-refractivity contribution in [2.45, 2.75) is 36.9 Å². The molecule has 1 spiro atoms. The summed E-state index contributed by atoms with van der Waals surface area (Å²) in [5, 5.41) is 7.00. The minimum atomic E-state index is -3.07. The molecule has 1 aromatic rings. The molecule has 1 N–H and O–H groups in total. The number of urea groups is 1. The maximum Gasteiger partial charge on any atom is 0.317 e. The summed E-state index contributed by atoms with van der Waals surface area (Å²) in [6.07, 6.45) is 3.93. The molecule has 122 valence electrons. The standard InChI is InChI=1S/C15H22N2O3S2/c18-14(16-7-2-13-3-10-21-12-13)17-8-6-15(4-1-5-15)22(19,20)11-9-17/h3,10,12H,1-2,4-9,11H2,(H,16,18). The van der Waals surface area contributed by atoms with Crippen LogP contribution in [0.4, 0.5) is 4.79 Å². The summed E-state index contributed by atoms with van der Waals surface area (Å²) < 4.78 is 24.2. The Balaban J connectivity index is 1.53. The van der Waals surface area contributed by atoms with Gasteiger partial charge in [0.05, 0.1) is 10.5 Å². The van der Waals surface area contributed by atoms with Gasteiger partial charge in [0.1, 0.15) is 0 Å². The van der Waals surface area contributed by atoms with E-state index in [-0.39, 0.29) is 11.8 Å². The lowest BCUT2D eigenvalue weighted by molar-refractivity contribution is 0.196. The first-order valence-electron chi connectivity index (χ1n) is 7.79.